The Hall–Kier alpha value is -0.810. The van der Waals surface area contributed by atoms with Gasteiger partial charge in [-0.05, 0) is 13.8 Å². The molecule has 0 aliphatic heterocycles. The van der Waals surface area contributed by atoms with Gasteiger partial charge >= 0.3 is 5.97 Å². The van der Waals surface area contributed by atoms with Crippen molar-refractivity contribution in [2.45, 2.75) is 20.0 Å². The molecule has 0 rings (SSSR count). The molecule has 0 aliphatic rings. The van der Waals surface area contributed by atoms with E-state index in [1.807, 2.05) is 13.8 Å². The molecule has 0 amide bonds. The number of methoxy groups -OCH3 is 1. The summed E-state index contributed by atoms with van der Waals surface area (Å²) in [6.45, 7) is 9.97. The Balaban J connectivity index is 3.02. The summed E-state index contributed by atoms with van der Waals surface area (Å²) < 4.78 is 41.6. The van der Waals surface area contributed by atoms with Gasteiger partial charge in [0.1, 0.15) is 6.61 Å². The quantitative estimate of drug-likeness (QED) is 0.205. The van der Waals surface area contributed by atoms with Crippen molar-refractivity contribution < 1.29 is 42.7 Å². The first-order chi connectivity index (χ1) is 13.2. The van der Waals surface area contributed by atoms with Gasteiger partial charge in [0.25, 0.3) is 0 Å². The van der Waals surface area contributed by atoms with Crippen molar-refractivity contribution in [1.82, 2.24) is 0 Å². The maximum Gasteiger partial charge on any atom is 0.331 e. The van der Waals surface area contributed by atoms with Gasteiger partial charge in [-0.3, -0.25) is 0 Å². The number of hydrogen-bond acceptors (Lipinski definition) is 9. The number of ether oxygens (including phenoxy) is 8. The van der Waals surface area contributed by atoms with Crippen LogP contribution in [0.4, 0.5) is 0 Å². The molecule has 162 valence electrons. The van der Waals surface area contributed by atoms with E-state index >= 15 is 0 Å². The van der Waals surface area contributed by atoms with Gasteiger partial charge in [0.15, 0.2) is 0 Å². The van der Waals surface area contributed by atoms with Crippen molar-refractivity contribution in [1.29, 1.82) is 0 Å². The molecular weight excluding hydrogens is 360 g/mol. The predicted molar refractivity (Wildman–Crippen MR) is 98.0 cm³/mol. The van der Waals surface area contributed by atoms with E-state index in [-0.39, 0.29) is 12.7 Å². The lowest BCUT2D eigenvalue weighted by Crippen LogP contribution is -2.16. The zero-order chi connectivity index (χ0) is 20.0. The standard InChI is InChI=1S/C18H36O9/c1-17(2)27-15-14-25-11-10-23-7-6-21-4-5-22-8-9-24-12-13-26-16-18(19)20-3/h17H,4-16H2,1-3H3. The van der Waals surface area contributed by atoms with Crippen LogP contribution in [0.25, 0.3) is 0 Å². The molecule has 0 N–H and O–H groups in total. The molecular formula is C18H36O9. The van der Waals surface area contributed by atoms with Gasteiger partial charge in [0, 0.05) is 0 Å². The van der Waals surface area contributed by atoms with Gasteiger partial charge < -0.3 is 37.9 Å². The second-order valence-corrected chi connectivity index (χ2v) is 5.61. The van der Waals surface area contributed by atoms with Crippen molar-refractivity contribution >= 4 is 5.97 Å². The van der Waals surface area contributed by atoms with Crippen LogP contribution in [-0.2, 0) is 42.7 Å². The summed E-state index contributed by atoms with van der Waals surface area (Å²) in [4.78, 5) is 10.8. The normalized spacial score (nSPS) is 11.3. The lowest BCUT2D eigenvalue weighted by atomic mass is 10.5. The third-order valence-electron chi connectivity index (χ3n) is 2.99. The van der Waals surface area contributed by atoms with E-state index in [2.05, 4.69) is 4.74 Å². The monoisotopic (exact) mass is 396 g/mol. The largest absolute Gasteiger partial charge is 0.467 e. The minimum Gasteiger partial charge on any atom is -0.467 e. The molecule has 0 atom stereocenters. The summed E-state index contributed by atoms with van der Waals surface area (Å²) in [5, 5.41) is 0. The Kier molecular flexibility index (Phi) is 20.8. The van der Waals surface area contributed by atoms with E-state index in [1.165, 1.54) is 7.11 Å². The second-order valence-electron chi connectivity index (χ2n) is 5.61. The highest BCUT2D eigenvalue weighted by molar-refractivity contribution is 5.70. The summed E-state index contributed by atoms with van der Waals surface area (Å²) in [7, 11) is 1.32. The molecule has 27 heavy (non-hydrogen) atoms. The van der Waals surface area contributed by atoms with Gasteiger partial charge in [0.05, 0.1) is 92.5 Å². The molecule has 0 aromatic rings. The van der Waals surface area contributed by atoms with E-state index in [0.29, 0.717) is 79.3 Å². The predicted octanol–water partition coefficient (Wildman–Crippen LogP) is 0.684. The number of esters is 1. The van der Waals surface area contributed by atoms with Crippen LogP contribution < -0.4 is 0 Å². The van der Waals surface area contributed by atoms with Crippen LogP contribution in [0.5, 0.6) is 0 Å². The van der Waals surface area contributed by atoms with Crippen LogP contribution in [-0.4, -0.2) is 105 Å². The summed E-state index contributed by atoms with van der Waals surface area (Å²) in [5.74, 6) is -0.399. The Morgan fingerprint density at radius 3 is 1.26 bits per heavy atom. The third kappa shape index (κ3) is 23.2. The molecule has 9 nitrogen and oxygen atoms in total. The highest BCUT2D eigenvalue weighted by Gasteiger charge is 1.99. The smallest absolute Gasteiger partial charge is 0.331 e. The van der Waals surface area contributed by atoms with E-state index in [9.17, 15) is 4.79 Å². The van der Waals surface area contributed by atoms with E-state index in [0.717, 1.165) is 0 Å². The van der Waals surface area contributed by atoms with E-state index in [4.69, 9.17) is 33.2 Å². The highest BCUT2D eigenvalue weighted by Crippen LogP contribution is 1.88. The van der Waals surface area contributed by atoms with Crippen LogP contribution in [0.2, 0.25) is 0 Å². The molecule has 0 radical (unpaired) electrons. The fraction of sp³-hybridized carbons (Fsp3) is 0.944. The van der Waals surface area contributed by atoms with E-state index < -0.39 is 5.97 Å². The molecule has 0 aromatic carbocycles. The summed E-state index contributed by atoms with van der Waals surface area (Å²) >= 11 is 0. The number of carbonyl (C=O) groups excluding carboxylic acids is 1. The summed E-state index contributed by atoms with van der Waals surface area (Å²) in [6, 6.07) is 0. The Bertz CT molecular complexity index is 313. The maximum absolute atomic E-state index is 10.8. The van der Waals surface area contributed by atoms with Gasteiger partial charge in [-0.15, -0.1) is 0 Å². The van der Waals surface area contributed by atoms with Gasteiger partial charge in [-0.1, -0.05) is 0 Å². The maximum atomic E-state index is 10.8. The SMILES string of the molecule is COC(=O)COCCOCCOCCOCCOCCOCCOC(C)C. The molecule has 0 bridgehead atoms. The first kappa shape index (κ1) is 26.2. The van der Waals surface area contributed by atoms with Crippen molar-refractivity contribution in [2.75, 3.05) is 93.0 Å². The van der Waals surface area contributed by atoms with Crippen molar-refractivity contribution in [2.24, 2.45) is 0 Å². The summed E-state index contributed by atoms with van der Waals surface area (Å²) in [5.41, 5.74) is 0. The minimum atomic E-state index is -0.399. The zero-order valence-corrected chi connectivity index (χ0v) is 16.9. The molecule has 0 fully saturated rings. The Morgan fingerprint density at radius 1 is 0.593 bits per heavy atom. The van der Waals surface area contributed by atoms with Gasteiger partial charge in [-0.2, -0.15) is 0 Å². The van der Waals surface area contributed by atoms with Crippen molar-refractivity contribution in [3.05, 3.63) is 0 Å². The second kappa shape index (κ2) is 21.5. The average molecular weight is 396 g/mol. The lowest BCUT2D eigenvalue weighted by Gasteiger charge is -2.09. The molecule has 0 unspecified atom stereocenters. The molecule has 9 heteroatoms. The first-order valence-electron chi connectivity index (χ1n) is 9.31. The minimum absolute atomic E-state index is 0.0578. The Labute approximate surface area is 162 Å². The van der Waals surface area contributed by atoms with Gasteiger partial charge in [-0.25, -0.2) is 4.79 Å². The lowest BCUT2D eigenvalue weighted by molar-refractivity contribution is -0.146. The first-order valence-corrected chi connectivity index (χ1v) is 9.31. The number of hydrogen-bond donors (Lipinski definition) is 0. The molecule has 0 saturated heterocycles. The average Bonchev–Trinajstić information content (AvgIpc) is 2.65. The topological polar surface area (TPSA) is 90.9 Å². The van der Waals surface area contributed by atoms with Crippen molar-refractivity contribution in [3.63, 3.8) is 0 Å². The molecule has 0 spiro atoms. The van der Waals surface area contributed by atoms with Crippen LogP contribution >= 0.6 is 0 Å². The van der Waals surface area contributed by atoms with Gasteiger partial charge in [0.2, 0.25) is 0 Å². The molecule has 0 aromatic heterocycles. The molecule has 0 aliphatic carbocycles. The summed E-state index contributed by atoms with van der Waals surface area (Å²) in [6.07, 6.45) is 0.234. The fourth-order valence-corrected chi connectivity index (χ4v) is 1.66. The Morgan fingerprint density at radius 2 is 0.926 bits per heavy atom. The fourth-order valence-electron chi connectivity index (χ4n) is 1.66. The van der Waals surface area contributed by atoms with Crippen LogP contribution in [0, 0.1) is 0 Å². The zero-order valence-electron chi connectivity index (χ0n) is 16.9. The van der Waals surface area contributed by atoms with E-state index in [1.54, 1.807) is 0 Å². The van der Waals surface area contributed by atoms with Crippen LogP contribution in [0.1, 0.15) is 13.8 Å². The van der Waals surface area contributed by atoms with Crippen LogP contribution in [0.3, 0.4) is 0 Å². The van der Waals surface area contributed by atoms with Crippen molar-refractivity contribution in [3.8, 4) is 0 Å². The molecule has 0 saturated carbocycles. The van der Waals surface area contributed by atoms with Crippen LogP contribution in [0.15, 0.2) is 0 Å². The number of carbonyl (C=O) groups is 1. The number of rotatable bonds is 21. The third-order valence-corrected chi connectivity index (χ3v) is 2.99. The molecule has 0 heterocycles. The highest BCUT2D eigenvalue weighted by atomic mass is 16.6.